The zero-order valence-electron chi connectivity index (χ0n) is 17.3. The first-order chi connectivity index (χ1) is 14.9. The largest absolute Gasteiger partial charge is 0.396 e. The second-order valence-electron chi connectivity index (χ2n) is 8.44. The van der Waals surface area contributed by atoms with Crippen molar-refractivity contribution in [2.45, 2.75) is 24.8 Å². The fourth-order valence-corrected chi connectivity index (χ4v) is 5.38. The van der Waals surface area contributed by atoms with Gasteiger partial charge < -0.3 is 19.9 Å². The van der Waals surface area contributed by atoms with Gasteiger partial charge in [-0.3, -0.25) is 9.59 Å². The van der Waals surface area contributed by atoms with E-state index in [0.717, 1.165) is 32.2 Å². The molecule has 2 amide bonds. The van der Waals surface area contributed by atoms with Gasteiger partial charge in [-0.1, -0.05) is 46.3 Å². The number of nitrogens with one attached hydrogen (secondary N) is 1. The van der Waals surface area contributed by atoms with E-state index in [1.165, 1.54) is 0 Å². The van der Waals surface area contributed by atoms with E-state index in [1.54, 1.807) is 9.80 Å². The van der Waals surface area contributed by atoms with Gasteiger partial charge in [0, 0.05) is 41.0 Å². The van der Waals surface area contributed by atoms with Gasteiger partial charge in [-0.2, -0.15) is 0 Å². The quantitative estimate of drug-likeness (QED) is 0.599. The van der Waals surface area contributed by atoms with Gasteiger partial charge in [-0.15, -0.1) is 0 Å². The van der Waals surface area contributed by atoms with Crippen LogP contribution in [0.5, 0.6) is 0 Å². The van der Waals surface area contributed by atoms with E-state index in [2.05, 4.69) is 39.1 Å². The van der Waals surface area contributed by atoms with Gasteiger partial charge in [0.2, 0.25) is 5.91 Å². The van der Waals surface area contributed by atoms with Gasteiger partial charge in [0.25, 0.3) is 5.91 Å². The molecule has 0 radical (unpaired) electrons. The van der Waals surface area contributed by atoms with Crippen molar-refractivity contribution in [1.82, 2.24) is 14.8 Å². The minimum Gasteiger partial charge on any atom is -0.396 e. The number of nitrogens with zero attached hydrogens (tertiary/aromatic N) is 2. The summed E-state index contributed by atoms with van der Waals surface area (Å²) >= 11 is 3.50. The molecular formula is C24H24BrN3O3. The Morgan fingerprint density at radius 3 is 2.65 bits per heavy atom. The second kappa shape index (κ2) is 7.50. The Morgan fingerprint density at radius 1 is 1.16 bits per heavy atom. The first-order valence-electron chi connectivity index (χ1n) is 10.5. The molecule has 1 fully saturated rings. The highest BCUT2D eigenvalue weighted by Gasteiger charge is 2.56. The highest BCUT2D eigenvalue weighted by atomic mass is 79.9. The molecule has 5 rings (SSSR count). The molecule has 0 bridgehead atoms. The van der Waals surface area contributed by atoms with Crippen LogP contribution in [0.1, 0.15) is 36.1 Å². The van der Waals surface area contributed by atoms with Crippen LogP contribution < -0.4 is 0 Å². The Bertz CT molecular complexity index is 1170. The Kier molecular flexibility index (Phi) is 4.90. The molecule has 160 valence electrons. The number of halogens is 1. The third kappa shape index (κ3) is 3.02. The molecule has 0 spiro atoms. The van der Waals surface area contributed by atoms with Crippen molar-refractivity contribution in [3.8, 4) is 0 Å². The van der Waals surface area contributed by atoms with Crippen LogP contribution in [-0.4, -0.2) is 57.9 Å². The molecule has 6 nitrogen and oxygen atoms in total. The topological polar surface area (TPSA) is 76.6 Å². The maximum atomic E-state index is 13.7. The summed E-state index contributed by atoms with van der Waals surface area (Å²) in [6.07, 6.45) is 0.455. The number of aliphatic hydroxyl groups is 1. The summed E-state index contributed by atoms with van der Waals surface area (Å²) in [5.74, 6) is -0.192. The molecule has 0 saturated carbocycles. The van der Waals surface area contributed by atoms with Crippen LogP contribution in [0.2, 0.25) is 0 Å². The zero-order chi connectivity index (χ0) is 21.8. The molecule has 2 aliphatic rings. The third-order valence-corrected chi connectivity index (χ3v) is 7.20. The molecule has 0 aliphatic carbocycles. The molecule has 3 aromatic rings. The van der Waals surface area contributed by atoms with Crippen LogP contribution in [-0.2, 0) is 15.1 Å². The average molecular weight is 482 g/mol. The molecule has 31 heavy (non-hydrogen) atoms. The lowest BCUT2D eigenvalue weighted by molar-refractivity contribution is -0.166. The van der Waals surface area contributed by atoms with Crippen molar-refractivity contribution in [2.75, 3.05) is 26.2 Å². The summed E-state index contributed by atoms with van der Waals surface area (Å²) in [4.78, 5) is 33.8. The summed E-state index contributed by atoms with van der Waals surface area (Å²) in [5.41, 5.74) is 2.86. The van der Waals surface area contributed by atoms with Gasteiger partial charge in [0.15, 0.2) is 5.54 Å². The molecule has 7 heteroatoms. The minimum absolute atomic E-state index is 0.0122. The van der Waals surface area contributed by atoms with Crippen LogP contribution >= 0.6 is 15.9 Å². The number of aliphatic hydroxyl groups excluding tert-OH is 1. The summed E-state index contributed by atoms with van der Waals surface area (Å²) in [7, 11) is 0. The van der Waals surface area contributed by atoms with Crippen LogP contribution in [0.15, 0.2) is 53.0 Å². The highest BCUT2D eigenvalue weighted by molar-refractivity contribution is 9.10. The number of aromatic nitrogens is 1. The normalized spacial score (nSPS) is 23.3. The van der Waals surface area contributed by atoms with Crippen LogP contribution in [0.3, 0.4) is 0 Å². The molecule has 2 aliphatic heterocycles. The van der Waals surface area contributed by atoms with Gasteiger partial charge in [0.1, 0.15) is 0 Å². The minimum atomic E-state index is -1.09. The van der Waals surface area contributed by atoms with Gasteiger partial charge in [0.05, 0.1) is 12.2 Å². The molecule has 2 unspecified atom stereocenters. The number of amides is 2. The first kappa shape index (κ1) is 20.3. The number of para-hydroxylation sites is 1. The number of carbonyl (C=O) groups is 2. The monoisotopic (exact) mass is 481 g/mol. The van der Waals surface area contributed by atoms with Crippen molar-refractivity contribution >= 4 is 38.6 Å². The lowest BCUT2D eigenvalue weighted by atomic mass is 9.76. The van der Waals surface area contributed by atoms with E-state index in [9.17, 15) is 14.7 Å². The Labute approximate surface area is 189 Å². The van der Waals surface area contributed by atoms with Gasteiger partial charge in [-0.05, 0) is 42.7 Å². The molecule has 2 aromatic carbocycles. The summed E-state index contributed by atoms with van der Waals surface area (Å²) in [6.45, 7) is 2.71. The van der Waals surface area contributed by atoms with Crippen molar-refractivity contribution in [3.05, 3.63) is 69.8 Å². The zero-order valence-corrected chi connectivity index (χ0v) is 18.9. The standard InChI is InChI=1S/C24H24BrN3O3/c1-24-22-21(17-5-2-3-6-19(17)26-22)18(15-7-9-16(25)10-8-15)13-28(24)20(30)14-27(23(24)31)11-4-12-29/h2-3,5-10,18,26,29H,4,11-14H2,1H3. The number of carbonyl (C=O) groups excluding carboxylic acids is 2. The van der Waals surface area contributed by atoms with Crippen molar-refractivity contribution < 1.29 is 14.7 Å². The third-order valence-electron chi connectivity index (χ3n) is 6.68. The maximum absolute atomic E-state index is 13.7. The number of benzene rings is 2. The molecule has 1 aromatic heterocycles. The lowest BCUT2D eigenvalue weighted by Gasteiger charge is -2.51. The molecule has 2 atom stereocenters. The smallest absolute Gasteiger partial charge is 0.254 e. The van der Waals surface area contributed by atoms with E-state index < -0.39 is 5.54 Å². The molecular weight excluding hydrogens is 458 g/mol. The number of piperazine rings is 1. The SMILES string of the molecule is CC12C(=O)N(CCCO)CC(=O)N1CC(c1ccc(Br)cc1)c1c2[nH]c2ccccc12. The van der Waals surface area contributed by atoms with Crippen LogP contribution in [0.25, 0.3) is 10.9 Å². The number of rotatable bonds is 4. The summed E-state index contributed by atoms with van der Waals surface area (Å²) < 4.78 is 1.000. The lowest BCUT2D eigenvalue weighted by Crippen LogP contribution is -2.67. The van der Waals surface area contributed by atoms with E-state index in [0.29, 0.717) is 19.5 Å². The number of aromatic amines is 1. The molecule has 1 saturated heterocycles. The predicted molar refractivity (Wildman–Crippen MR) is 122 cm³/mol. The number of fused-ring (bicyclic) bond motifs is 5. The van der Waals surface area contributed by atoms with Gasteiger partial charge in [-0.25, -0.2) is 0 Å². The summed E-state index contributed by atoms with van der Waals surface area (Å²) in [5, 5.41) is 10.3. The number of hydrogen-bond acceptors (Lipinski definition) is 3. The van der Waals surface area contributed by atoms with E-state index in [1.807, 2.05) is 37.3 Å². The van der Waals surface area contributed by atoms with Crippen LogP contribution in [0, 0.1) is 0 Å². The van der Waals surface area contributed by atoms with Crippen molar-refractivity contribution in [3.63, 3.8) is 0 Å². The Morgan fingerprint density at radius 2 is 1.90 bits per heavy atom. The van der Waals surface area contributed by atoms with Gasteiger partial charge >= 0.3 is 0 Å². The number of H-pyrrole nitrogens is 1. The Hall–Kier alpha value is -2.64. The maximum Gasteiger partial charge on any atom is 0.254 e. The van der Waals surface area contributed by atoms with E-state index in [4.69, 9.17) is 0 Å². The van der Waals surface area contributed by atoms with E-state index in [-0.39, 0.29) is 30.9 Å². The first-order valence-corrected chi connectivity index (χ1v) is 11.3. The second-order valence-corrected chi connectivity index (χ2v) is 9.36. The summed E-state index contributed by atoms with van der Waals surface area (Å²) in [6, 6.07) is 16.2. The van der Waals surface area contributed by atoms with Crippen molar-refractivity contribution in [2.24, 2.45) is 0 Å². The van der Waals surface area contributed by atoms with Crippen LogP contribution in [0.4, 0.5) is 0 Å². The predicted octanol–water partition coefficient (Wildman–Crippen LogP) is 3.34. The average Bonchev–Trinajstić information content (AvgIpc) is 3.17. The fraction of sp³-hybridized carbons (Fsp3) is 0.333. The van der Waals surface area contributed by atoms with E-state index >= 15 is 0 Å². The van der Waals surface area contributed by atoms with Crippen molar-refractivity contribution in [1.29, 1.82) is 0 Å². The molecule has 2 N–H and O–H groups in total. The molecule has 3 heterocycles. The fourth-order valence-electron chi connectivity index (χ4n) is 5.11. The highest BCUT2D eigenvalue weighted by Crippen LogP contribution is 2.48. The Balaban J connectivity index is 1.72. The number of hydrogen-bond donors (Lipinski definition) is 2.